The number of halogens is 1. The highest BCUT2D eigenvalue weighted by Crippen LogP contribution is 2.16. The van der Waals surface area contributed by atoms with Gasteiger partial charge in [0.05, 0.1) is 30.2 Å². The van der Waals surface area contributed by atoms with Crippen molar-refractivity contribution in [3.05, 3.63) is 64.7 Å². The zero-order chi connectivity index (χ0) is 18.7. The Morgan fingerprint density at radius 1 is 1.35 bits per heavy atom. The third-order valence-corrected chi connectivity index (χ3v) is 4.45. The monoisotopic (exact) mass is 388 g/mol. The molecule has 0 saturated carbocycles. The molecule has 2 N–H and O–H groups in total. The van der Waals surface area contributed by atoms with Crippen LogP contribution in [0.2, 0.25) is 5.02 Å². The molecule has 0 aliphatic heterocycles. The summed E-state index contributed by atoms with van der Waals surface area (Å²) < 4.78 is 3.64. The highest BCUT2D eigenvalue weighted by molar-refractivity contribution is 7.80. The Bertz CT molecular complexity index is 916. The largest absolute Gasteiger partial charge is 0.356 e. The van der Waals surface area contributed by atoms with Gasteiger partial charge in [-0.2, -0.15) is 10.2 Å². The normalized spacial score (nSPS) is 12.0. The van der Waals surface area contributed by atoms with Crippen LogP contribution in [0.5, 0.6) is 0 Å². The van der Waals surface area contributed by atoms with Crippen molar-refractivity contribution in [1.29, 1.82) is 0 Å². The molecule has 0 saturated heterocycles. The first kappa shape index (κ1) is 18.4. The predicted octanol–water partition coefficient (Wildman–Crippen LogP) is 3.67. The topological polar surface area (TPSA) is 59.7 Å². The van der Waals surface area contributed by atoms with Gasteiger partial charge in [-0.05, 0) is 43.8 Å². The molecule has 0 aliphatic rings. The van der Waals surface area contributed by atoms with E-state index in [0.29, 0.717) is 11.7 Å². The van der Waals surface area contributed by atoms with E-state index in [1.165, 1.54) is 0 Å². The van der Waals surface area contributed by atoms with Crippen LogP contribution in [-0.2, 0) is 13.6 Å². The van der Waals surface area contributed by atoms with Gasteiger partial charge in [0.1, 0.15) is 0 Å². The SMILES string of the molecule is Cc1nn(C)cc1C(C)NC(=S)Nc1cnn(Cc2cccc(Cl)c2)c1. The third kappa shape index (κ3) is 4.62. The number of thiocarbonyl (C=S) groups is 1. The Hall–Kier alpha value is -2.38. The Labute approximate surface area is 163 Å². The van der Waals surface area contributed by atoms with Crippen molar-refractivity contribution >= 4 is 34.6 Å². The molecular weight excluding hydrogens is 368 g/mol. The van der Waals surface area contributed by atoms with Crippen LogP contribution in [0.3, 0.4) is 0 Å². The maximum absolute atomic E-state index is 6.02. The van der Waals surface area contributed by atoms with Crippen LogP contribution < -0.4 is 10.6 Å². The lowest BCUT2D eigenvalue weighted by molar-refractivity contribution is 0.687. The average molecular weight is 389 g/mol. The van der Waals surface area contributed by atoms with E-state index in [9.17, 15) is 0 Å². The first-order valence-corrected chi connectivity index (χ1v) is 9.04. The maximum Gasteiger partial charge on any atom is 0.171 e. The van der Waals surface area contributed by atoms with Crippen molar-refractivity contribution in [2.45, 2.75) is 26.4 Å². The molecule has 1 unspecified atom stereocenters. The Morgan fingerprint density at radius 3 is 2.85 bits per heavy atom. The molecule has 0 amide bonds. The van der Waals surface area contributed by atoms with E-state index >= 15 is 0 Å². The first-order valence-electron chi connectivity index (χ1n) is 8.25. The van der Waals surface area contributed by atoms with Gasteiger partial charge < -0.3 is 10.6 Å². The van der Waals surface area contributed by atoms with Gasteiger partial charge in [0.25, 0.3) is 0 Å². The summed E-state index contributed by atoms with van der Waals surface area (Å²) in [5.74, 6) is 0. The molecule has 0 fully saturated rings. The van der Waals surface area contributed by atoms with Gasteiger partial charge >= 0.3 is 0 Å². The zero-order valence-corrected chi connectivity index (χ0v) is 16.5. The number of nitrogens with one attached hydrogen (secondary N) is 2. The van der Waals surface area contributed by atoms with Crippen LogP contribution in [0.4, 0.5) is 5.69 Å². The summed E-state index contributed by atoms with van der Waals surface area (Å²) in [5.41, 5.74) is 4.03. The molecule has 6 nitrogen and oxygen atoms in total. The van der Waals surface area contributed by atoms with Crippen LogP contribution in [0.25, 0.3) is 0 Å². The summed E-state index contributed by atoms with van der Waals surface area (Å²) in [4.78, 5) is 0. The molecule has 2 aromatic heterocycles. The summed E-state index contributed by atoms with van der Waals surface area (Å²) in [5, 5.41) is 16.4. The second-order valence-corrected chi connectivity index (χ2v) is 7.06. The van der Waals surface area contributed by atoms with Crippen molar-refractivity contribution in [3.8, 4) is 0 Å². The summed E-state index contributed by atoms with van der Waals surface area (Å²) in [6.45, 7) is 4.69. The second-order valence-electron chi connectivity index (χ2n) is 6.22. The van der Waals surface area contributed by atoms with Crippen LogP contribution in [0, 0.1) is 6.92 Å². The van der Waals surface area contributed by atoms with Crippen molar-refractivity contribution < 1.29 is 0 Å². The maximum atomic E-state index is 6.02. The van der Waals surface area contributed by atoms with Crippen LogP contribution in [0.1, 0.15) is 29.8 Å². The van der Waals surface area contributed by atoms with E-state index in [0.717, 1.165) is 27.5 Å². The molecule has 0 aliphatic carbocycles. The van der Waals surface area contributed by atoms with Gasteiger partial charge in [-0.15, -0.1) is 0 Å². The van der Waals surface area contributed by atoms with Gasteiger partial charge in [0, 0.05) is 30.0 Å². The van der Waals surface area contributed by atoms with Gasteiger partial charge in [-0.25, -0.2) is 0 Å². The number of nitrogens with zero attached hydrogens (tertiary/aromatic N) is 4. The van der Waals surface area contributed by atoms with E-state index in [4.69, 9.17) is 23.8 Å². The van der Waals surface area contributed by atoms with Gasteiger partial charge in [-0.3, -0.25) is 9.36 Å². The summed E-state index contributed by atoms with van der Waals surface area (Å²) in [6, 6.07) is 7.80. The van der Waals surface area contributed by atoms with Crippen LogP contribution >= 0.6 is 23.8 Å². The lowest BCUT2D eigenvalue weighted by atomic mass is 10.1. The highest BCUT2D eigenvalue weighted by atomic mass is 35.5. The second kappa shape index (κ2) is 7.88. The van der Waals surface area contributed by atoms with Gasteiger partial charge in [0.15, 0.2) is 5.11 Å². The minimum atomic E-state index is 0.0604. The molecule has 0 radical (unpaired) electrons. The summed E-state index contributed by atoms with van der Waals surface area (Å²) in [6.07, 6.45) is 5.66. The Morgan fingerprint density at radius 2 is 2.15 bits per heavy atom. The molecule has 26 heavy (non-hydrogen) atoms. The lowest BCUT2D eigenvalue weighted by Crippen LogP contribution is -2.30. The van der Waals surface area contributed by atoms with Crippen LogP contribution in [-0.4, -0.2) is 24.7 Å². The predicted molar refractivity (Wildman–Crippen MR) is 108 cm³/mol. The molecular formula is C18H21ClN6S. The number of benzene rings is 1. The van der Waals surface area contributed by atoms with Gasteiger partial charge in [-0.1, -0.05) is 23.7 Å². The van der Waals surface area contributed by atoms with Crippen molar-refractivity contribution in [2.75, 3.05) is 5.32 Å². The minimum absolute atomic E-state index is 0.0604. The van der Waals surface area contributed by atoms with E-state index < -0.39 is 0 Å². The number of anilines is 1. The molecule has 0 spiro atoms. The molecule has 1 atom stereocenters. The fourth-order valence-electron chi connectivity index (χ4n) is 2.82. The number of aryl methyl sites for hydroxylation is 2. The Balaban J connectivity index is 1.58. The molecule has 8 heteroatoms. The molecule has 3 aromatic rings. The van der Waals surface area contributed by atoms with Crippen molar-refractivity contribution in [1.82, 2.24) is 24.9 Å². The molecule has 0 bridgehead atoms. The van der Waals surface area contributed by atoms with Crippen molar-refractivity contribution in [2.24, 2.45) is 7.05 Å². The van der Waals surface area contributed by atoms with E-state index in [-0.39, 0.29) is 6.04 Å². The quantitative estimate of drug-likeness (QED) is 0.653. The fourth-order valence-corrected chi connectivity index (χ4v) is 3.33. The summed E-state index contributed by atoms with van der Waals surface area (Å²) >= 11 is 11.4. The molecule has 1 aromatic carbocycles. The smallest absolute Gasteiger partial charge is 0.171 e. The van der Waals surface area contributed by atoms with Crippen LogP contribution in [0.15, 0.2) is 42.9 Å². The third-order valence-electron chi connectivity index (χ3n) is 3.99. The molecule has 136 valence electrons. The number of hydrogen-bond donors (Lipinski definition) is 2. The highest BCUT2D eigenvalue weighted by Gasteiger charge is 2.13. The average Bonchev–Trinajstić information content (AvgIpc) is 3.13. The zero-order valence-electron chi connectivity index (χ0n) is 14.9. The molecule has 2 heterocycles. The van der Waals surface area contributed by atoms with Gasteiger partial charge in [0.2, 0.25) is 0 Å². The van der Waals surface area contributed by atoms with E-state index in [2.05, 4.69) is 27.8 Å². The summed E-state index contributed by atoms with van der Waals surface area (Å²) in [7, 11) is 1.91. The lowest BCUT2D eigenvalue weighted by Gasteiger charge is -2.15. The minimum Gasteiger partial charge on any atom is -0.356 e. The first-order chi connectivity index (χ1) is 12.4. The number of aromatic nitrogens is 4. The van der Waals surface area contributed by atoms with E-state index in [1.807, 2.05) is 55.3 Å². The Kier molecular flexibility index (Phi) is 5.58. The molecule has 3 rings (SSSR count). The standard InChI is InChI=1S/C18H21ClN6S/c1-12(17-11-24(3)23-13(17)2)21-18(26)22-16-8-20-25(10-16)9-14-5-4-6-15(19)7-14/h4-8,10-12H,9H2,1-3H3,(H2,21,22,26). The number of hydrogen-bond acceptors (Lipinski definition) is 3. The fraction of sp³-hybridized carbons (Fsp3) is 0.278. The number of rotatable bonds is 5. The van der Waals surface area contributed by atoms with E-state index in [1.54, 1.807) is 10.9 Å². The van der Waals surface area contributed by atoms with Crippen molar-refractivity contribution in [3.63, 3.8) is 0 Å².